The number of rotatable bonds is 8. The normalized spacial score (nSPS) is 27.3. The van der Waals surface area contributed by atoms with Crippen molar-refractivity contribution in [2.75, 3.05) is 32.8 Å². The zero-order valence-electron chi connectivity index (χ0n) is 13.5. The van der Waals surface area contributed by atoms with Gasteiger partial charge in [0.15, 0.2) is 0 Å². The number of esters is 1. The van der Waals surface area contributed by atoms with E-state index in [0.717, 1.165) is 39.1 Å². The smallest absolute Gasteiger partial charge is 0.323 e. The quantitative estimate of drug-likeness (QED) is 0.689. The van der Waals surface area contributed by atoms with Crippen LogP contribution in [0.15, 0.2) is 0 Å². The molecule has 2 fully saturated rings. The summed E-state index contributed by atoms with van der Waals surface area (Å²) in [6, 6.07) is 0.389. The van der Waals surface area contributed by atoms with Gasteiger partial charge in [0.2, 0.25) is 0 Å². The highest BCUT2D eigenvalue weighted by molar-refractivity contribution is 5.75. The van der Waals surface area contributed by atoms with Crippen molar-refractivity contribution in [1.82, 2.24) is 10.2 Å². The van der Waals surface area contributed by atoms with Gasteiger partial charge in [0.1, 0.15) is 6.04 Å². The second-order valence-electron chi connectivity index (χ2n) is 5.99. The van der Waals surface area contributed by atoms with Crippen LogP contribution in [-0.2, 0) is 14.3 Å². The van der Waals surface area contributed by atoms with Crippen molar-refractivity contribution < 1.29 is 14.3 Å². The molecule has 0 aromatic carbocycles. The van der Waals surface area contributed by atoms with Crippen molar-refractivity contribution in [3.8, 4) is 0 Å². The fourth-order valence-electron chi connectivity index (χ4n) is 3.44. The summed E-state index contributed by atoms with van der Waals surface area (Å²) in [4.78, 5) is 14.5. The van der Waals surface area contributed by atoms with Crippen LogP contribution in [0.25, 0.3) is 0 Å². The third-order valence-electron chi connectivity index (χ3n) is 4.51. The molecule has 0 spiro atoms. The molecule has 1 heterocycles. The Kier molecular flexibility index (Phi) is 6.93. The van der Waals surface area contributed by atoms with E-state index in [1.807, 2.05) is 6.92 Å². The number of hydrogen-bond donors (Lipinski definition) is 1. The third-order valence-corrected chi connectivity index (χ3v) is 4.51. The molecule has 3 atom stereocenters. The molecular formula is C16H30N2O3. The predicted molar refractivity (Wildman–Crippen MR) is 82.3 cm³/mol. The van der Waals surface area contributed by atoms with E-state index in [4.69, 9.17) is 9.47 Å². The summed E-state index contributed by atoms with van der Waals surface area (Å²) in [6.07, 6.45) is 5.96. The van der Waals surface area contributed by atoms with Crippen LogP contribution >= 0.6 is 0 Å². The Morgan fingerprint density at radius 1 is 1.43 bits per heavy atom. The Morgan fingerprint density at radius 2 is 2.29 bits per heavy atom. The highest BCUT2D eigenvalue weighted by Gasteiger charge is 2.36. The molecule has 5 heteroatoms. The summed E-state index contributed by atoms with van der Waals surface area (Å²) >= 11 is 0. The standard InChI is InChI=1S/C16H30N2O3/c1-3-9-17-13(16(19)20-4-2)8-10-18-11-12-21-15-7-5-6-14(15)18/h13-15,17H,3-12H2,1-2H3. The first-order valence-electron chi connectivity index (χ1n) is 8.52. The molecule has 1 saturated carbocycles. The lowest BCUT2D eigenvalue weighted by Gasteiger charge is -2.38. The largest absolute Gasteiger partial charge is 0.465 e. The molecule has 0 radical (unpaired) electrons. The number of ether oxygens (including phenoxy) is 2. The molecule has 1 saturated heterocycles. The molecule has 2 rings (SSSR count). The monoisotopic (exact) mass is 298 g/mol. The number of carbonyl (C=O) groups excluding carboxylic acids is 1. The summed E-state index contributed by atoms with van der Waals surface area (Å²) in [5.74, 6) is -0.109. The van der Waals surface area contributed by atoms with Crippen LogP contribution < -0.4 is 5.32 Å². The van der Waals surface area contributed by atoms with E-state index < -0.39 is 0 Å². The maximum Gasteiger partial charge on any atom is 0.323 e. The summed E-state index contributed by atoms with van der Waals surface area (Å²) in [6.45, 7) is 8.05. The van der Waals surface area contributed by atoms with Crippen molar-refractivity contribution in [1.29, 1.82) is 0 Å². The SMILES string of the molecule is CCCNC(CCN1CCOC2CCCC21)C(=O)OCC. The summed E-state index contributed by atoms with van der Waals surface area (Å²) in [5, 5.41) is 3.32. The topological polar surface area (TPSA) is 50.8 Å². The first-order valence-corrected chi connectivity index (χ1v) is 8.52. The molecule has 1 N–H and O–H groups in total. The van der Waals surface area contributed by atoms with Gasteiger partial charge in [-0.25, -0.2) is 0 Å². The van der Waals surface area contributed by atoms with Gasteiger partial charge in [-0.3, -0.25) is 9.69 Å². The van der Waals surface area contributed by atoms with Crippen molar-refractivity contribution in [3.63, 3.8) is 0 Å². The van der Waals surface area contributed by atoms with Gasteiger partial charge in [0, 0.05) is 19.1 Å². The van der Waals surface area contributed by atoms with Gasteiger partial charge in [-0.05, 0) is 45.6 Å². The minimum atomic E-state index is -0.174. The highest BCUT2D eigenvalue weighted by atomic mass is 16.5. The Balaban J connectivity index is 1.83. The van der Waals surface area contributed by atoms with Gasteiger partial charge in [0.25, 0.3) is 0 Å². The van der Waals surface area contributed by atoms with Crippen LogP contribution in [0.2, 0.25) is 0 Å². The van der Waals surface area contributed by atoms with Crippen molar-refractivity contribution in [2.24, 2.45) is 0 Å². The van der Waals surface area contributed by atoms with E-state index in [1.54, 1.807) is 0 Å². The van der Waals surface area contributed by atoms with Gasteiger partial charge >= 0.3 is 5.97 Å². The van der Waals surface area contributed by atoms with E-state index in [1.165, 1.54) is 19.3 Å². The Labute approximate surface area is 128 Å². The van der Waals surface area contributed by atoms with E-state index in [-0.39, 0.29) is 12.0 Å². The molecule has 5 nitrogen and oxygen atoms in total. The Bertz CT molecular complexity index is 325. The molecule has 3 unspecified atom stereocenters. The first kappa shape index (κ1) is 16.7. The number of fused-ring (bicyclic) bond motifs is 1. The van der Waals surface area contributed by atoms with Crippen LogP contribution in [-0.4, -0.2) is 61.9 Å². The van der Waals surface area contributed by atoms with Crippen LogP contribution in [0.4, 0.5) is 0 Å². The molecule has 21 heavy (non-hydrogen) atoms. The van der Waals surface area contributed by atoms with E-state index >= 15 is 0 Å². The molecular weight excluding hydrogens is 268 g/mol. The Morgan fingerprint density at radius 3 is 3.05 bits per heavy atom. The van der Waals surface area contributed by atoms with E-state index in [0.29, 0.717) is 18.8 Å². The number of carbonyl (C=O) groups is 1. The number of nitrogens with one attached hydrogen (secondary N) is 1. The van der Waals surface area contributed by atoms with Crippen molar-refractivity contribution in [3.05, 3.63) is 0 Å². The number of hydrogen-bond acceptors (Lipinski definition) is 5. The van der Waals surface area contributed by atoms with Crippen LogP contribution in [0.3, 0.4) is 0 Å². The highest BCUT2D eigenvalue weighted by Crippen LogP contribution is 2.29. The Hall–Kier alpha value is -0.650. The molecule has 0 aromatic heterocycles. The molecule has 0 aromatic rings. The second kappa shape index (κ2) is 8.71. The maximum absolute atomic E-state index is 12.0. The summed E-state index contributed by atoms with van der Waals surface area (Å²) < 4.78 is 11.0. The third kappa shape index (κ3) is 4.66. The molecule has 1 aliphatic carbocycles. The first-order chi connectivity index (χ1) is 10.3. The fourth-order valence-corrected chi connectivity index (χ4v) is 3.44. The zero-order valence-corrected chi connectivity index (χ0v) is 13.5. The van der Waals surface area contributed by atoms with Crippen molar-refractivity contribution >= 4 is 5.97 Å². The lowest BCUT2D eigenvalue weighted by atomic mass is 10.1. The molecule has 0 amide bonds. The minimum absolute atomic E-state index is 0.109. The summed E-state index contributed by atoms with van der Waals surface area (Å²) in [5.41, 5.74) is 0. The van der Waals surface area contributed by atoms with Gasteiger partial charge in [-0.1, -0.05) is 6.92 Å². The van der Waals surface area contributed by atoms with Crippen LogP contribution in [0, 0.1) is 0 Å². The average Bonchev–Trinajstić information content (AvgIpc) is 2.96. The molecule has 122 valence electrons. The van der Waals surface area contributed by atoms with E-state index in [9.17, 15) is 4.79 Å². The van der Waals surface area contributed by atoms with E-state index in [2.05, 4.69) is 17.1 Å². The van der Waals surface area contributed by atoms with Crippen LogP contribution in [0.5, 0.6) is 0 Å². The molecule has 2 aliphatic rings. The van der Waals surface area contributed by atoms with Gasteiger partial charge in [-0.2, -0.15) is 0 Å². The number of morpholine rings is 1. The maximum atomic E-state index is 12.0. The fraction of sp³-hybridized carbons (Fsp3) is 0.938. The number of nitrogens with zero attached hydrogens (tertiary/aromatic N) is 1. The van der Waals surface area contributed by atoms with Crippen molar-refractivity contribution in [2.45, 2.75) is 64.1 Å². The second-order valence-corrected chi connectivity index (χ2v) is 5.99. The zero-order chi connectivity index (χ0) is 15.1. The average molecular weight is 298 g/mol. The summed E-state index contributed by atoms with van der Waals surface area (Å²) in [7, 11) is 0. The van der Waals surface area contributed by atoms with Gasteiger partial charge in [-0.15, -0.1) is 0 Å². The lowest BCUT2D eigenvalue weighted by molar-refractivity contribution is -0.146. The predicted octanol–water partition coefficient (Wildman–Crippen LogP) is 1.56. The molecule has 1 aliphatic heterocycles. The molecule has 0 bridgehead atoms. The minimum Gasteiger partial charge on any atom is -0.465 e. The van der Waals surface area contributed by atoms with Crippen LogP contribution in [0.1, 0.15) is 46.0 Å². The van der Waals surface area contributed by atoms with Gasteiger partial charge < -0.3 is 14.8 Å². The van der Waals surface area contributed by atoms with Gasteiger partial charge in [0.05, 0.1) is 19.3 Å². The lowest BCUT2D eigenvalue weighted by Crippen LogP contribution is -2.50.